The minimum atomic E-state index is -0.111. The number of aryl methyl sites for hydroxylation is 2. The van der Waals surface area contributed by atoms with E-state index >= 15 is 0 Å². The lowest BCUT2D eigenvalue weighted by Gasteiger charge is -2.07. The molecule has 0 fully saturated rings. The van der Waals surface area contributed by atoms with Crippen LogP contribution in [0.25, 0.3) is 0 Å². The summed E-state index contributed by atoms with van der Waals surface area (Å²) in [4.78, 5) is 0. The second-order valence-corrected chi connectivity index (χ2v) is 2.93. The van der Waals surface area contributed by atoms with Gasteiger partial charge in [0.15, 0.2) is 0 Å². The van der Waals surface area contributed by atoms with Crippen LogP contribution in [0, 0.1) is 0 Å². The van der Waals surface area contributed by atoms with Crippen molar-refractivity contribution in [3.05, 3.63) is 18.0 Å². The second-order valence-electron chi connectivity index (χ2n) is 2.93. The van der Waals surface area contributed by atoms with Crippen molar-refractivity contribution in [3.8, 4) is 0 Å². The number of aromatic nitrogens is 2. The molecule has 0 bridgehead atoms. The number of aliphatic hydroxyl groups is 1. The average molecular weight is 169 g/mol. The predicted octanol–water partition coefficient (Wildman–Crippen LogP) is -0.328. The fourth-order valence-electron chi connectivity index (χ4n) is 1.07. The zero-order valence-corrected chi connectivity index (χ0v) is 7.27. The predicted molar refractivity (Wildman–Crippen MR) is 46.6 cm³/mol. The highest BCUT2D eigenvalue weighted by molar-refractivity contribution is 5.00. The van der Waals surface area contributed by atoms with Crippen LogP contribution in [0.2, 0.25) is 0 Å². The summed E-state index contributed by atoms with van der Waals surface area (Å²) in [5.41, 5.74) is 6.71. The molecule has 1 rings (SSSR count). The van der Waals surface area contributed by atoms with E-state index < -0.39 is 0 Å². The quantitative estimate of drug-likeness (QED) is 0.649. The van der Waals surface area contributed by atoms with Crippen molar-refractivity contribution in [2.75, 3.05) is 6.61 Å². The van der Waals surface area contributed by atoms with Gasteiger partial charge < -0.3 is 10.8 Å². The highest BCUT2D eigenvalue weighted by Gasteiger charge is 2.03. The lowest BCUT2D eigenvalue weighted by atomic mass is 10.1. The molecule has 0 aliphatic heterocycles. The van der Waals surface area contributed by atoms with Gasteiger partial charge in [0.25, 0.3) is 0 Å². The number of hydrogen-bond donors (Lipinski definition) is 2. The maximum absolute atomic E-state index is 8.69. The standard InChI is InChI=1S/C8H15N3O/c1-11-8(4-5-10-11)3-2-7(9)6-12/h4-5,7,12H,2-3,6,9H2,1H3. The topological polar surface area (TPSA) is 64.1 Å². The number of hydrogen-bond acceptors (Lipinski definition) is 3. The van der Waals surface area contributed by atoms with E-state index in [4.69, 9.17) is 10.8 Å². The molecular weight excluding hydrogens is 154 g/mol. The van der Waals surface area contributed by atoms with E-state index in [1.54, 1.807) is 6.20 Å². The van der Waals surface area contributed by atoms with Gasteiger partial charge in [-0.1, -0.05) is 0 Å². The maximum atomic E-state index is 8.69. The van der Waals surface area contributed by atoms with Crippen LogP contribution >= 0.6 is 0 Å². The molecule has 4 heteroatoms. The molecule has 0 saturated heterocycles. The fourth-order valence-corrected chi connectivity index (χ4v) is 1.07. The summed E-state index contributed by atoms with van der Waals surface area (Å²) >= 11 is 0. The Morgan fingerprint density at radius 2 is 2.50 bits per heavy atom. The van der Waals surface area contributed by atoms with E-state index in [0.717, 1.165) is 18.5 Å². The van der Waals surface area contributed by atoms with E-state index in [9.17, 15) is 0 Å². The lowest BCUT2D eigenvalue weighted by molar-refractivity contribution is 0.259. The molecule has 1 atom stereocenters. The minimum absolute atomic E-state index is 0.0534. The van der Waals surface area contributed by atoms with Gasteiger partial charge in [-0.15, -0.1) is 0 Å². The van der Waals surface area contributed by atoms with Crippen LogP contribution in [0.4, 0.5) is 0 Å². The van der Waals surface area contributed by atoms with Gasteiger partial charge in [0.2, 0.25) is 0 Å². The van der Waals surface area contributed by atoms with Crippen LogP contribution in [0.5, 0.6) is 0 Å². The molecule has 1 aromatic heterocycles. The Hall–Kier alpha value is -0.870. The first-order valence-electron chi connectivity index (χ1n) is 4.07. The van der Waals surface area contributed by atoms with Gasteiger partial charge in [0.05, 0.1) is 6.61 Å². The summed E-state index contributed by atoms with van der Waals surface area (Å²) in [5, 5.41) is 12.7. The Morgan fingerprint density at radius 1 is 1.75 bits per heavy atom. The maximum Gasteiger partial charge on any atom is 0.0582 e. The Kier molecular flexibility index (Phi) is 3.25. The van der Waals surface area contributed by atoms with Crippen molar-refractivity contribution in [3.63, 3.8) is 0 Å². The molecular formula is C8H15N3O. The highest BCUT2D eigenvalue weighted by atomic mass is 16.3. The number of aliphatic hydroxyl groups excluding tert-OH is 1. The first-order valence-corrected chi connectivity index (χ1v) is 4.07. The van der Waals surface area contributed by atoms with Crippen LogP contribution in [0.3, 0.4) is 0 Å². The SMILES string of the molecule is Cn1nccc1CCC(N)CO. The Balaban J connectivity index is 2.38. The van der Waals surface area contributed by atoms with Crippen LogP contribution in [-0.2, 0) is 13.5 Å². The summed E-state index contributed by atoms with van der Waals surface area (Å²) in [5.74, 6) is 0. The van der Waals surface area contributed by atoms with Crippen LogP contribution < -0.4 is 5.73 Å². The molecule has 0 aliphatic carbocycles. The molecule has 1 aromatic rings. The molecule has 0 radical (unpaired) electrons. The average Bonchev–Trinajstić information content (AvgIpc) is 2.47. The van der Waals surface area contributed by atoms with Gasteiger partial charge in [-0.25, -0.2) is 0 Å². The summed E-state index contributed by atoms with van der Waals surface area (Å²) in [7, 11) is 1.90. The van der Waals surface area contributed by atoms with E-state index in [1.165, 1.54) is 0 Å². The Labute approximate surface area is 72.0 Å². The smallest absolute Gasteiger partial charge is 0.0582 e. The van der Waals surface area contributed by atoms with Crippen LogP contribution in [0.1, 0.15) is 12.1 Å². The van der Waals surface area contributed by atoms with Gasteiger partial charge in [-0.2, -0.15) is 5.10 Å². The zero-order valence-electron chi connectivity index (χ0n) is 7.27. The summed E-state index contributed by atoms with van der Waals surface area (Å²) in [6.07, 6.45) is 3.44. The first-order chi connectivity index (χ1) is 5.74. The number of nitrogens with two attached hydrogens (primary N) is 1. The molecule has 68 valence electrons. The summed E-state index contributed by atoms with van der Waals surface area (Å²) in [6, 6.07) is 1.85. The molecule has 0 spiro atoms. The number of rotatable bonds is 4. The first kappa shape index (κ1) is 9.22. The van der Waals surface area contributed by atoms with Gasteiger partial charge in [-0.3, -0.25) is 4.68 Å². The normalized spacial score (nSPS) is 13.2. The fraction of sp³-hybridized carbons (Fsp3) is 0.625. The Morgan fingerprint density at radius 3 is 3.00 bits per heavy atom. The minimum Gasteiger partial charge on any atom is -0.395 e. The van der Waals surface area contributed by atoms with E-state index in [-0.39, 0.29) is 12.6 Å². The molecule has 0 aliphatic rings. The second kappa shape index (κ2) is 4.23. The molecule has 3 N–H and O–H groups in total. The van der Waals surface area contributed by atoms with Crippen molar-refractivity contribution >= 4 is 0 Å². The van der Waals surface area contributed by atoms with E-state index in [1.807, 2.05) is 17.8 Å². The van der Waals surface area contributed by atoms with Gasteiger partial charge >= 0.3 is 0 Å². The van der Waals surface area contributed by atoms with E-state index in [0.29, 0.717) is 0 Å². The van der Waals surface area contributed by atoms with Crippen molar-refractivity contribution in [1.29, 1.82) is 0 Å². The van der Waals surface area contributed by atoms with Crippen molar-refractivity contribution in [1.82, 2.24) is 9.78 Å². The number of nitrogens with zero attached hydrogens (tertiary/aromatic N) is 2. The molecule has 0 saturated carbocycles. The Bertz CT molecular complexity index is 234. The zero-order chi connectivity index (χ0) is 8.97. The summed E-state index contributed by atoms with van der Waals surface area (Å²) in [6.45, 7) is 0.0534. The largest absolute Gasteiger partial charge is 0.395 e. The molecule has 0 aromatic carbocycles. The third-order valence-corrected chi connectivity index (χ3v) is 1.93. The monoisotopic (exact) mass is 169 g/mol. The van der Waals surface area contributed by atoms with Crippen LogP contribution in [-0.4, -0.2) is 27.5 Å². The van der Waals surface area contributed by atoms with Crippen LogP contribution in [0.15, 0.2) is 12.3 Å². The third kappa shape index (κ3) is 2.32. The van der Waals surface area contributed by atoms with Gasteiger partial charge in [-0.05, 0) is 18.9 Å². The van der Waals surface area contributed by atoms with E-state index in [2.05, 4.69) is 5.10 Å². The van der Waals surface area contributed by atoms with Crippen molar-refractivity contribution in [2.45, 2.75) is 18.9 Å². The molecule has 1 heterocycles. The third-order valence-electron chi connectivity index (χ3n) is 1.93. The molecule has 12 heavy (non-hydrogen) atoms. The summed E-state index contributed by atoms with van der Waals surface area (Å²) < 4.78 is 1.82. The van der Waals surface area contributed by atoms with Crippen molar-refractivity contribution in [2.24, 2.45) is 12.8 Å². The molecule has 0 amide bonds. The highest BCUT2D eigenvalue weighted by Crippen LogP contribution is 2.01. The molecule has 4 nitrogen and oxygen atoms in total. The lowest BCUT2D eigenvalue weighted by Crippen LogP contribution is -2.25. The van der Waals surface area contributed by atoms with Gasteiger partial charge in [0.1, 0.15) is 0 Å². The molecule has 1 unspecified atom stereocenters. The van der Waals surface area contributed by atoms with Crippen molar-refractivity contribution < 1.29 is 5.11 Å². The van der Waals surface area contributed by atoms with Gasteiger partial charge in [0, 0.05) is 25.0 Å².